The van der Waals surface area contributed by atoms with Crippen molar-refractivity contribution in [3.05, 3.63) is 77.9 Å². The molecule has 27 heavy (non-hydrogen) atoms. The number of thiazole rings is 1. The monoisotopic (exact) mass is 378 g/mol. The van der Waals surface area contributed by atoms with Crippen molar-refractivity contribution in [2.24, 2.45) is 0 Å². The van der Waals surface area contributed by atoms with Gasteiger partial charge in [0.15, 0.2) is 23.3 Å². The minimum Gasteiger partial charge on any atom is -0.481 e. The first-order valence-electron chi connectivity index (χ1n) is 8.31. The second-order valence-electron chi connectivity index (χ2n) is 5.87. The van der Waals surface area contributed by atoms with E-state index in [-0.39, 0.29) is 12.4 Å². The van der Waals surface area contributed by atoms with Gasteiger partial charge in [0.1, 0.15) is 0 Å². The van der Waals surface area contributed by atoms with Crippen LogP contribution in [0.2, 0.25) is 0 Å². The van der Waals surface area contributed by atoms with E-state index in [2.05, 4.69) is 22.4 Å². The first kappa shape index (κ1) is 17.2. The third kappa shape index (κ3) is 3.96. The molecule has 0 saturated carbocycles. The second-order valence-corrected chi connectivity index (χ2v) is 6.73. The number of anilines is 1. The number of nitrogens with zero attached hydrogens (tertiary/aromatic N) is 1. The Bertz CT molecular complexity index is 1110. The fraction of sp³-hybridized carbons (Fsp3) is 0.0476. The minimum absolute atomic E-state index is 0.0450. The Labute approximate surface area is 159 Å². The summed E-state index contributed by atoms with van der Waals surface area (Å²) in [7, 11) is 0. The van der Waals surface area contributed by atoms with Crippen molar-refractivity contribution >= 4 is 33.1 Å². The van der Waals surface area contributed by atoms with Crippen LogP contribution >= 0.6 is 11.3 Å². The number of para-hydroxylation sites is 1. The molecular weight excluding hydrogens is 363 g/mol. The number of amides is 1. The van der Waals surface area contributed by atoms with Crippen LogP contribution in [0.15, 0.2) is 72.1 Å². The van der Waals surface area contributed by atoms with Gasteiger partial charge in [0.25, 0.3) is 5.91 Å². The molecule has 134 valence electrons. The quantitative estimate of drug-likeness (QED) is 0.524. The Hall–Kier alpha value is -3.25. The van der Waals surface area contributed by atoms with E-state index in [0.717, 1.165) is 22.0 Å². The van der Waals surface area contributed by atoms with Crippen LogP contribution in [0.4, 0.5) is 9.52 Å². The molecule has 0 aliphatic carbocycles. The molecule has 0 fully saturated rings. The Balaban J connectivity index is 1.42. The predicted molar refractivity (Wildman–Crippen MR) is 106 cm³/mol. The molecule has 1 amide bonds. The summed E-state index contributed by atoms with van der Waals surface area (Å²) >= 11 is 1.33. The molecule has 0 spiro atoms. The van der Waals surface area contributed by atoms with Crippen LogP contribution < -0.4 is 10.1 Å². The summed E-state index contributed by atoms with van der Waals surface area (Å²) in [5, 5.41) is 7.33. The van der Waals surface area contributed by atoms with Gasteiger partial charge in [0.05, 0.1) is 5.69 Å². The molecule has 0 aliphatic heterocycles. The van der Waals surface area contributed by atoms with Gasteiger partial charge >= 0.3 is 0 Å². The van der Waals surface area contributed by atoms with Gasteiger partial charge in [-0.25, -0.2) is 9.37 Å². The summed E-state index contributed by atoms with van der Waals surface area (Å²) in [6.07, 6.45) is 0. The Morgan fingerprint density at radius 1 is 1.04 bits per heavy atom. The maximum absolute atomic E-state index is 13.5. The first-order valence-corrected chi connectivity index (χ1v) is 9.19. The number of benzene rings is 3. The fourth-order valence-corrected chi connectivity index (χ4v) is 3.41. The van der Waals surface area contributed by atoms with Crippen LogP contribution in [0.1, 0.15) is 0 Å². The van der Waals surface area contributed by atoms with Gasteiger partial charge in [0, 0.05) is 10.9 Å². The molecule has 0 atom stereocenters. The third-order valence-corrected chi connectivity index (χ3v) is 4.75. The van der Waals surface area contributed by atoms with Crippen molar-refractivity contribution in [3.8, 4) is 17.0 Å². The van der Waals surface area contributed by atoms with E-state index < -0.39 is 11.7 Å². The van der Waals surface area contributed by atoms with Gasteiger partial charge < -0.3 is 4.74 Å². The number of nitrogens with one attached hydrogen (secondary N) is 1. The summed E-state index contributed by atoms with van der Waals surface area (Å²) in [6.45, 7) is -0.286. The van der Waals surface area contributed by atoms with Crippen molar-refractivity contribution in [2.45, 2.75) is 0 Å². The summed E-state index contributed by atoms with van der Waals surface area (Å²) in [4.78, 5) is 16.5. The average Bonchev–Trinajstić information content (AvgIpc) is 3.15. The molecule has 1 aromatic heterocycles. The standard InChI is InChI=1S/C21H15FN2O2S/c22-17-7-3-4-8-19(17)26-12-20(25)24-21-23-18(13-27-21)16-10-9-14-5-1-2-6-15(14)11-16/h1-11,13H,12H2,(H,23,24,25). The van der Waals surface area contributed by atoms with Crippen LogP contribution in [-0.2, 0) is 4.79 Å². The minimum atomic E-state index is -0.502. The van der Waals surface area contributed by atoms with Crippen LogP contribution in [0.5, 0.6) is 5.75 Å². The summed E-state index contributed by atoms with van der Waals surface area (Å²) < 4.78 is 18.7. The first-order chi connectivity index (χ1) is 13.2. The number of hydrogen-bond donors (Lipinski definition) is 1. The summed E-state index contributed by atoms with van der Waals surface area (Å²) in [6, 6.07) is 20.2. The van der Waals surface area contributed by atoms with E-state index in [4.69, 9.17) is 4.74 Å². The van der Waals surface area contributed by atoms with Gasteiger partial charge in [-0.2, -0.15) is 0 Å². The van der Waals surface area contributed by atoms with Crippen LogP contribution in [0.25, 0.3) is 22.0 Å². The lowest BCUT2D eigenvalue weighted by atomic mass is 10.1. The van der Waals surface area contributed by atoms with E-state index in [0.29, 0.717) is 5.13 Å². The zero-order valence-electron chi connectivity index (χ0n) is 14.2. The topological polar surface area (TPSA) is 51.2 Å². The SMILES string of the molecule is O=C(COc1ccccc1F)Nc1nc(-c2ccc3ccccc3c2)cs1. The molecular formula is C21H15FN2O2S. The number of carbonyl (C=O) groups is 1. The normalized spacial score (nSPS) is 10.7. The van der Waals surface area contributed by atoms with Gasteiger partial charge in [-0.3, -0.25) is 10.1 Å². The molecule has 0 unspecified atom stereocenters. The predicted octanol–water partition coefficient (Wildman–Crippen LogP) is 5.12. The lowest BCUT2D eigenvalue weighted by molar-refractivity contribution is -0.118. The molecule has 4 aromatic rings. The van der Waals surface area contributed by atoms with E-state index in [1.807, 2.05) is 35.7 Å². The molecule has 1 N–H and O–H groups in total. The smallest absolute Gasteiger partial charge is 0.264 e. The summed E-state index contributed by atoms with van der Waals surface area (Å²) in [5.74, 6) is -0.848. The number of aromatic nitrogens is 1. The fourth-order valence-electron chi connectivity index (χ4n) is 2.67. The van der Waals surface area contributed by atoms with Gasteiger partial charge in [0.2, 0.25) is 0 Å². The molecule has 3 aromatic carbocycles. The van der Waals surface area contributed by atoms with Crippen molar-refractivity contribution in [1.29, 1.82) is 0 Å². The molecule has 4 nitrogen and oxygen atoms in total. The Morgan fingerprint density at radius 2 is 1.81 bits per heavy atom. The number of carbonyl (C=O) groups excluding carboxylic acids is 1. The Morgan fingerprint density at radius 3 is 2.67 bits per heavy atom. The molecule has 6 heteroatoms. The molecule has 4 rings (SSSR count). The average molecular weight is 378 g/mol. The van der Waals surface area contributed by atoms with E-state index >= 15 is 0 Å². The lowest BCUT2D eigenvalue weighted by Crippen LogP contribution is -2.20. The number of fused-ring (bicyclic) bond motifs is 1. The van der Waals surface area contributed by atoms with E-state index in [1.54, 1.807) is 12.1 Å². The van der Waals surface area contributed by atoms with Gasteiger partial charge in [-0.1, -0.05) is 48.5 Å². The molecule has 0 saturated heterocycles. The highest BCUT2D eigenvalue weighted by Crippen LogP contribution is 2.27. The second kappa shape index (κ2) is 7.55. The Kier molecular flexibility index (Phi) is 4.80. The zero-order valence-corrected chi connectivity index (χ0v) is 15.0. The van der Waals surface area contributed by atoms with Crippen molar-refractivity contribution in [1.82, 2.24) is 4.98 Å². The van der Waals surface area contributed by atoms with Crippen molar-refractivity contribution in [3.63, 3.8) is 0 Å². The lowest BCUT2D eigenvalue weighted by Gasteiger charge is -2.06. The molecule has 1 heterocycles. The summed E-state index contributed by atoms with van der Waals surface area (Å²) in [5.41, 5.74) is 1.77. The zero-order chi connectivity index (χ0) is 18.6. The van der Waals surface area contributed by atoms with Gasteiger partial charge in [-0.15, -0.1) is 11.3 Å². The van der Waals surface area contributed by atoms with Gasteiger partial charge in [-0.05, 0) is 29.0 Å². The highest BCUT2D eigenvalue weighted by Gasteiger charge is 2.10. The maximum atomic E-state index is 13.5. The highest BCUT2D eigenvalue weighted by atomic mass is 32.1. The molecule has 0 bridgehead atoms. The van der Waals surface area contributed by atoms with Crippen molar-refractivity contribution < 1.29 is 13.9 Å². The largest absolute Gasteiger partial charge is 0.481 e. The van der Waals surface area contributed by atoms with E-state index in [9.17, 15) is 9.18 Å². The van der Waals surface area contributed by atoms with Crippen LogP contribution in [0.3, 0.4) is 0 Å². The number of ether oxygens (including phenoxy) is 1. The number of hydrogen-bond acceptors (Lipinski definition) is 4. The molecule has 0 aliphatic rings. The highest BCUT2D eigenvalue weighted by molar-refractivity contribution is 7.14. The van der Waals surface area contributed by atoms with E-state index in [1.165, 1.54) is 23.5 Å². The molecule has 0 radical (unpaired) electrons. The third-order valence-electron chi connectivity index (χ3n) is 3.99. The van der Waals surface area contributed by atoms with Crippen LogP contribution in [0, 0.1) is 5.82 Å². The number of rotatable bonds is 5. The van der Waals surface area contributed by atoms with Crippen molar-refractivity contribution in [2.75, 3.05) is 11.9 Å². The maximum Gasteiger partial charge on any atom is 0.264 e. The van der Waals surface area contributed by atoms with Crippen LogP contribution in [-0.4, -0.2) is 17.5 Å². The number of halogens is 1.